The van der Waals surface area contributed by atoms with Gasteiger partial charge in [-0.1, -0.05) is 67.4 Å². The van der Waals surface area contributed by atoms with Crippen molar-refractivity contribution in [3.05, 3.63) is 76.5 Å². The Morgan fingerprint density at radius 3 is 2.28 bits per heavy atom. The molecule has 3 atom stereocenters. The Morgan fingerprint density at radius 2 is 1.69 bits per heavy atom. The van der Waals surface area contributed by atoms with Crippen LogP contribution in [-0.4, -0.2) is 17.9 Å². The van der Waals surface area contributed by atoms with Crippen molar-refractivity contribution in [2.75, 3.05) is 5.32 Å². The molecule has 2 aromatic rings. The minimum atomic E-state index is -1.01. The van der Waals surface area contributed by atoms with Crippen LogP contribution < -0.4 is 10.6 Å². The predicted molar refractivity (Wildman–Crippen MR) is 113 cm³/mol. The van der Waals surface area contributed by atoms with E-state index in [-0.39, 0.29) is 33.4 Å². The number of nitrogens with one attached hydrogen (secondary N) is 2. The van der Waals surface area contributed by atoms with Gasteiger partial charge in [0.1, 0.15) is 10.3 Å². The molecule has 1 saturated carbocycles. The molecule has 0 unspecified atom stereocenters. The third kappa shape index (κ3) is 4.98. The molecular weight excluding hydrogens is 414 g/mol. The molecule has 7 heteroatoms. The Morgan fingerprint density at radius 1 is 1.07 bits per heavy atom. The minimum Gasteiger partial charge on any atom is -0.359 e. The first-order chi connectivity index (χ1) is 13.7. The van der Waals surface area contributed by atoms with Crippen LogP contribution in [0.15, 0.2) is 65.2 Å². The van der Waals surface area contributed by atoms with Gasteiger partial charge in [-0.2, -0.15) is 0 Å². The Labute approximate surface area is 179 Å². The number of benzene rings is 2. The Bertz CT molecular complexity index is 926. The zero-order chi connectivity index (χ0) is 21.2. The average molecular weight is 435 g/mol. The van der Waals surface area contributed by atoms with E-state index in [1.54, 1.807) is 36.4 Å². The number of Topliss-reactive ketones (excluding diaryl/α,β-unsaturated/α-hetero) is 1. The fourth-order valence-corrected chi connectivity index (χ4v) is 3.78. The van der Waals surface area contributed by atoms with E-state index in [1.165, 1.54) is 24.3 Å². The van der Waals surface area contributed by atoms with Gasteiger partial charge >= 0.3 is 0 Å². The molecule has 3 rings (SSSR count). The van der Waals surface area contributed by atoms with Crippen LogP contribution in [0.2, 0.25) is 0 Å². The van der Waals surface area contributed by atoms with Gasteiger partial charge < -0.3 is 10.6 Å². The van der Waals surface area contributed by atoms with Gasteiger partial charge in [-0.05, 0) is 41.7 Å². The highest BCUT2D eigenvalue weighted by molar-refractivity contribution is 6.55. The molecule has 152 valence electrons. The summed E-state index contributed by atoms with van der Waals surface area (Å²) >= 11 is 11.5. The molecular formula is C22H21Cl2FN2O2. The monoisotopic (exact) mass is 434 g/mol. The molecule has 0 spiro atoms. The van der Waals surface area contributed by atoms with E-state index in [4.69, 9.17) is 23.2 Å². The number of ketones is 1. The van der Waals surface area contributed by atoms with Gasteiger partial charge in [0.2, 0.25) is 11.7 Å². The SMILES string of the molecule is CC1(C)[C@H](C=C(Cl)Cl)[C@@H]1C(=O)N[C@@H](Nc1ccc(F)cc1)C(=O)c1ccccc1. The molecule has 1 fully saturated rings. The lowest BCUT2D eigenvalue weighted by Crippen LogP contribution is -2.47. The Hall–Kier alpha value is -2.37. The predicted octanol–water partition coefficient (Wildman–Crippen LogP) is 5.15. The maximum Gasteiger partial charge on any atom is 0.226 e. The molecule has 1 aliphatic rings. The highest BCUT2D eigenvalue weighted by Gasteiger charge is 2.60. The largest absolute Gasteiger partial charge is 0.359 e. The summed E-state index contributed by atoms with van der Waals surface area (Å²) in [6.07, 6.45) is 0.636. The summed E-state index contributed by atoms with van der Waals surface area (Å²) in [6.45, 7) is 3.88. The zero-order valence-corrected chi connectivity index (χ0v) is 17.5. The van der Waals surface area contributed by atoms with Crippen LogP contribution >= 0.6 is 23.2 Å². The first-order valence-electron chi connectivity index (χ1n) is 9.14. The van der Waals surface area contributed by atoms with Gasteiger partial charge in [-0.3, -0.25) is 9.59 Å². The van der Waals surface area contributed by atoms with E-state index in [0.29, 0.717) is 11.3 Å². The van der Waals surface area contributed by atoms with Gasteiger partial charge in [0.05, 0.1) is 5.92 Å². The number of anilines is 1. The molecule has 0 heterocycles. The van der Waals surface area contributed by atoms with Crippen LogP contribution in [-0.2, 0) is 4.79 Å². The van der Waals surface area contributed by atoms with Gasteiger partial charge in [-0.25, -0.2) is 4.39 Å². The van der Waals surface area contributed by atoms with Crippen LogP contribution in [0, 0.1) is 23.1 Å². The number of hydrogen-bond donors (Lipinski definition) is 2. The van der Waals surface area contributed by atoms with E-state index >= 15 is 0 Å². The molecule has 0 aliphatic heterocycles. The number of amides is 1. The fraction of sp³-hybridized carbons (Fsp3) is 0.273. The van der Waals surface area contributed by atoms with Gasteiger partial charge in [0, 0.05) is 11.3 Å². The molecule has 0 saturated heterocycles. The van der Waals surface area contributed by atoms with Crippen LogP contribution in [0.5, 0.6) is 0 Å². The molecule has 2 aromatic carbocycles. The highest BCUT2D eigenvalue weighted by atomic mass is 35.5. The molecule has 0 radical (unpaired) electrons. The summed E-state index contributed by atoms with van der Waals surface area (Å²) in [5.74, 6) is -1.46. The minimum absolute atomic E-state index is 0.111. The van der Waals surface area contributed by atoms with Crippen LogP contribution in [0.3, 0.4) is 0 Å². The fourth-order valence-electron chi connectivity index (χ4n) is 3.51. The van der Waals surface area contributed by atoms with Crippen molar-refractivity contribution in [2.45, 2.75) is 20.0 Å². The first kappa shape index (κ1) is 21.3. The number of carbonyl (C=O) groups excluding carboxylic acids is 2. The maximum absolute atomic E-state index is 13.2. The van der Waals surface area contributed by atoms with Crippen molar-refractivity contribution in [1.82, 2.24) is 5.32 Å². The van der Waals surface area contributed by atoms with E-state index < -0.39 is 12.0 Å². The lowest BCUT2D eigenvalue weighted by atomic mass is 10.1. The number of hydrogen-bond acceptors (Lipinski definition) is 3. The molecule has 2 N–H and O–H groups in total. The van der Waals surface area contributed by atoms with Crippen molar-refractivity contribution >= 4 is 40.6 Å². The number of halogens is 3. The molecule has 29 heavy (non-hydrogen) atoms. The van der Waals surface area contributed by atoms with Crippen molar-refractivity contribution in [2.24, 2.45) is 17.3 Å². The van der Waals surface area contributed by atoms with Crippen molar-refractivity contribution in [3.8, 4) is 0 Å². The number of allylic oxidation sites excluding steroid dienone is 1. The summed E-state index contributed by atoms with van der Waals surface area (Å²) in [5, 5.41) is 5.78. The normalized spacial score (nSPS) is 20.3. The van der Waals surface area contributed by atoms with Gasteiger partial charge in [-0.15, -0.1) is 0 Å². The average Bonchev–Trinajstić information content (AvgIpc) is 3.22. The van der Waals surface area contributed by atoms with E-state index in [1.807, 2.05) is 13.8 Å². The van der Waals surface area contributed by atoms with Crippen molar-refractivity contribution in [3.63, 3.8) is 0 Å². The lowest BCUT2D eigenvalue weighted by Gasteiger charge is -2.21. The van der Waals surface area contributed by atoms with E-state index in [9.17, 15) is 14.0 Å². The van der Waals surface area contributed by atoms with Gasteiger partial charge in [0.15, 0.2) is 6.17 Å². The third-order valence-electron chi connectivity index (χ3n) is 5.26. The van der Waals surface area contributed by atoms with Gasteiger partial charge in [0.25, 0.3) is 0 Å². The Balaban J connectivity index is 1.81. The summed E-state index contributed by atoms with van der Waals surface area (Å²) in [7, 11) is 0. The molecule has 1 aliphatic carbocycles. The quantitative estimate of drug-likeness (QED) is 0.467. The summed E-state index contributed by atoms with van der Waals surface area (Å²) < 4.78 is 13.3. The summed E-state index contributed by atoms with van der Waals surface area (Å²) in [4.78, 5) is 25.9. The topological polar surface area (TPSA) is 58.2 Å². The van der Waals surface area contributed by atoms with E-state index in [0.717, 1.165) is 0 Å². The standard InChI is InChI=1S/C22H21Cl2FN2O2/c1-22(2)16(12-17(23)24)18(22)21(29)27-20(19(28)13-6-4-3-5-7-13)26-15-10-8-14(25)9-11-15/h3-12,16,18,20,26H,1-2H3,(H,27,29)/t16-,18-,20-/m1/s1. The van der Waals surface area contributed by atoms with Crippen LogP contribution in [0.1, 0.15) is 24.2 Å². The number of rotatable bonds is 7. The van der Waals surface area contributed by atoms with Crippen LogP contribution in [0.4, 0.5) is 10.1 Å². The molecule has 0 aromatic heterocycles. The molecule has 0 bridgehead atoms. The smallest absolute Gasteiger partial charge is 0.226 e. The zero-order valence-electron chi connectivity index (χ0n) is 16.0. The first-order valence-corrected chi connectivity index (χ1v) is 9.90. The van der Waals surface area contributed by atoms with Crippen LogP contribution in [0.25, 0.3) is 0 Å². The third-order valence-corrected chi connectivity index (χ3v) is 5.51. The molecule has 1 amide bonds. The second-order valence-electron chi connectivity index (χ2n) is 7.60. The highest BCUT2D eigenvalue weighted by Crippen LogP contribution is 2.59. The summed E-state index contributed by atoms with van der Waals surface area (Å²) in [5.41, 5.74) is 0.633. The maximum atomic E-state index is 13.2. The lowest BCUT2D eigenvalue weighted by molar-refractivity contribution is -0.123. The molecule has 4 nitrogen and oxygen atoms in total. The summed E-state index contributed by atoms with van der Waals surface area (Å²) in [6, 6.07) is 14.2. The second kappa shape index (κ2) is 8.56. The van der Waals surface area contributed by atoms with Crippen molar-refractivity contribution < 1.29 is 14.0 Å². The second-order valence-corrected chi connectivity index (χ2v) is 8.61. The Kier molecular flexibility index (Phi) is 6.30. The van der Waals surface area contributed by atoms with E-state index in [2.05, 4.69) is 10.6 Å². The van der Waals surface area contributed by atoms with Crippen molar-refractivity contribution in [1.29, 1.82) is 0 Å². The number of carbonyl (C=O) groups is 2.